The van der Waals surface area contributed by atoms with Crippen LogP contribution in [0.25, 0.3) is 0 Å². The third-order valence-corrected chi connectivity index (χ3v) is 6.57. The van der Waals surface area contributed by atoms with Gasteiger partial charge in [-0.2, -0.15) is 0 Å². The van der Waals surface area contributed by atoms with Crippen molar-refractivity contribution in [2.24, 2.45) is 0 Å². The molecule has 0 bridgehead atoms. The molecule has 0 aliphatic rings. The van der Waals surface area contributed by atoms with E-state index in [0.29, 0.717) is 0 Å². The van der Waals surface area contributed by atoms with Crippen LogP contribution in [0.5, 0.6) is 5.75 Å². The molecule has 0 aromatic heterocycles. The number of benzene rings is 3. The zero-order valence-electron chi connectivity index (χ0n) is 13.5. The largest absolute Gasteiger partial charge is 0.744 e. The Morgan fingerprint density at radius 1 is 0.760 bits per heavy atom. The summed E-state index contributed by atoms with van der Waals surface area (Å²) in [7, 11) is -2.56. The van der Waals surface area contributed by atoms with Crippen LogP contribution in [-0.4, -0.2) is 20.1 Å². The third-order valence-electron chi connectivity index (χ3n) is 3.03. The molecule has 0 aliphatic carbocycles. The highest BCUT2D eigenvalue weighted by Gasteiger charge is 2.14. The Hall–Kier alpha value is -1.90. The Kier molecular flexibility index (Phi) is 7.42. The highest BCUT2D eigenvalue weighted by Crippen LogP contribution is 2.06. The molecule has 25 heavy (non-hydrogen) atoms. The van der Waals surface area contributed by atoms with Gasteiger partial charge >= 0.3 is 21.2 Å². The van der Waals surface area contributed by atoms with Crippen molar-refractivity contribution in [3.63, 3.8) is 0 Å². The van der Waals surface area contributed by atoms with Gasteiger partial charge in [0.1, 0.15) is 15.9 Å². The lowest BCUT2D eigenvalue weighted by atomic mass is 10.3. The Morgan fingerprint density at radius 3 is 1.68 bits per heavy atom. The molecule has 0 N–H and O–H groups in total. The van der Waals surface area contributed by atoms with Crippen molar-refractivity contribution in [1.82, 2.24) is 0 Å². The maximum absolute atomic E-state index is 10.3. The summed E-state index contributed by atoms with van der Waals surface area (Å²) in [5.74, 6) is 0.927. The molecule has 0 spiro atoms. The topological polar surface area (TPSA) is 66.4 Å². The smallest absolute Gasteiger partial charge is 0.357 e. The lowest BCUT2D eigenvalue weighted by molar-refractivity contribution is -0.597. The number of hydrogen-bond acceptors (Lipinski definition) is 4. The van der Waals surface area contributed by atoms with E-state index in [1.54, 1.807) is 13.2 Å². The van der Waals surface area contributed by atoms with E-state index in [4.69, 9.17) is 4.74 Å². The summed E-state index contributed by atoms with van der Waals surface area (Å²) in [6.07, 6.45) is 0. The molecule has 4 nitrogen and oxygen atoms in total. The zero-order valence-corrected chi connectivity index (χ0v) is 16.5. The van der Waals surface area contributed by atoms with E-state index >= 15 is 0 Å². The highest BCUT2D eigenvalue weighted by atomic mass is 127. The van der Waals surface area contributed by atoms with Crippen LogP contribution >= 0.6 is 0 Å². The summed E-state index contributed by atoms with van der Waals surface area (Å²) in [5, 5.41) is 0. The van der Waals surface area contributed by atoms with E-state index < -0.39 is 10.1 Å². The first kappa shape index (κ1) is 19.4. The van der Waals surface area contributed by atoms with Crippen molar-refractivity contribution in [2.75, 3.05) is 7.11 Å². The van der Waals surface area contributed by atoms with Crippen LogP contribution in [0, 0.1) is 7.14 Å². The van der Waals surface area contributed by atoms with Gasteiger partial charge in [0.25, 0.3) is 0 Å². The monoisotopic (exact) mass is 468 g/mol. The van der Waals surface area contributed by atoms with Gasteiger partial charge in [0.15, 0.2) is 7.14 Å². The van der Waals surface area contributed by atoms with Gasteiger partial charge in [0.05, 0.1) is 12.0 Å². The predicted octanol–water partition coefficient (Wildman–Crippen LogP) is 0.414. The van der Waals surface area contributed by atoms with Crippen LogP contribution in [0.15, 0.2) is 89.8 Å². The van der Waals surface area contributed by atoms with E-state index in [2.05, 4.69) is 42.5 Å². The van der Waals surface area contributed by atoms with Crippen molar-refractivity contribution in [3.8, 4) is 5.75 Å². The van der Waals surface area contributed by atoms with Crippen LogP contribution in [-0.2, 0) is 10.1 Å². The van der Waals surface area contributed by atoms with Gasteiger partial charge in [0, 0.05) is 0 Å². The SMILES string of the molecule is COc1ccc([I+]c2ccccc2)cc1.O=S(=O)([O-])c1ccccc1. The molecule has 3 aromatic rings. The van der Waals surface area contributed by atoms with Gasteiger partial charge in [-0.15, -0.1) is 0 Å². The zero-order chi connectivity index (χ0) is 18.1. The summed E-state index contributed by atoms with van der Waals surface area (Å²) in [6.45, 7) is 0. The minimum absolute atomic E-state index is 0.0449. The lowest BCUT2D eigenvalue weighted by Crippen LogP contribution is -3.61. The molecule has 3 rings (SSSR count). The third kappa shape index (κ3) is 6.85. The molecule has 130 valence electrons. The van der Waals surface area contributed by atoms with E-state index in [-0.39, 0.29) is 26.1 Å². The molecule has 0 fully saturated rings. The first-order valence-electron chi connectivity index (χ1n) is 7.34. The van der Waals surface area contributed by atoms with E-state index in [1.165, 1.54) is 31.4 Å². The molecule has 0 saturated heterocycles. The van der Waals surface area contributed by atoms with Crippen molar-refractivity contribution in [3.05, 3.63) is 92.1 Å². The van der Waals surface area contributed by atoms with Gasteiger partial charge in [-0.3, -0.25) is 0 Å². The van der Waals surface area contributed by atoms with Gasteiger partial charge in [0.2, 0.25) is 0 Å². The van der Waals surface area contributed by atoms with Crippen LogP contribution in [0.1, 0.15) is 0 Å². The highest BCUT2D eigenvalue weighted by molar-refractivity contribution is 7.85. The van der Waals surface area contributed by atoms with E-state index in [0.717, 1.165) is 5.75 Å². The molecule has 0 unspecified atom stereocenters. The second-order valence-electron chi connectivity index (χ2n) is 4.82. The fourth-order valence-corrected chi connectivity index (χ4v) is 4.53. The van der Waals surface area contributed by atoms with Gasteiger partial charge in [-0.05, 0) is 48.5 Å². The number of methoxy groups -OCH3 is 1. The molecule has 0 aliphatic heterocycles. The molecule has 0 amide bonds. The maximum Gasteiger partial charge on any atom is 0.357 e. The number of rotatable bonds is 4. The Labute approximate surface area is 158 Å². The predicted molar refractivity (Wildman–Crippen MR) is 91.2 cm³/mol. The second-order valence-corrected chi connectivity index (χ2v) is 9.23. The summed E-state index contributed by atoms with van der Waals surface area (Å²) < 4.78 is 38.8. The maximum atomic E-state index is 10.3. The summed E-state index contributed by atoms with van der Waals surface area (Å²) in [5.41, 5.74) is 0. The average Bonchev–Trinajstić information content (AvgIpc) is 2.64. The van der Waals surface area contributed by atoms with E-state index in [1.807, 2.05) is 12.1 Å². The lowest BCUT2D eigenvalue weighted by Gasteiger charge is -2.04. The summed E-state index contributed by atoms with van der Waals surface area (Å²) in [4.78, 5) is -0.185. The number of ether oxygens (including phenoxy) is 1. The standard InChI is InChI=1S/C13H12IO.C6H6O3S/c1-15-13-9-7-12(8-10-13)14-11-5-3-2-4-6-11;7-10(8,9)6-4-2-1-3-5-6/h2-10H,1H3;1-5H,(H,7,8,9)/q+1;/p-1. The minimum atomic E-state index is -4.25. The molecule has 0 radical (unpaired) electrons. The minimum Gasteiger partial charge on any atom is -0.744 e. The summed E-state index contributed by atoms with van der Waals surface area (Å²) >= 11 is -0.0449. The van der Waals surface area contributed by atoms with Crippen molar-refractivity contribution in [2.45, 2.75) is 4.90 Å². The first-order chi connectivity index (χ1) is 12.0. The van der Waals surface area contributed by atoms with Crippen molar-refractivity contribution < 1.29 is 38.9 Å². The fourth-order valence-electron chi connectivity index (χ4n) is 1.82. The van der Waals surface area contributed by atoms with Crippen LogP contribution in [0.2, 0.25) is 0 Å². The Bertz CT molecular complexity index is 864. The van der Waals surface area contributed by atoms with Crippen LogP contribution in [0.3, 0.4) is 0 Å². The molecular formula is C19H17IO4S. The molecular weight excluding hydrogens is 451 g/mol. The molecule has 0 saturated carbocycles. The van der Waals surface area contributed by atoms with Crippen LogP contribution < -0.4 is 25.9 Å². The van der Waals surface area contributed by atoms with Gasteiger partial charge in [-0.1, -0.05) is 36.4 Å². The van der Waals surface area contributed by atoms with Crippen molar-refractivity contribution >= 4 is 10.1 Å². The summed E-state index contributed by atoms with van der Waals surface area (Å²) in [6, 6.07) is 26.2. The van der Waals surface area contributed by atoms with Gasteiger partial charge < -0.3 is 9.29 Å². The van der Waals surface area contributed by atoms with Gasteiger partial charge in [-0.25, -0.2) is 8.42 Å². The van der Waals surface area contributed by atoms with Crippen LogP contribution in [0.4, 0.5) is 0 Å². The first-order valence-corrected chi connectivity index (χ1v) is 10.9. The fraction of sp³-hybridized carbons (Fsp3) is 0.0526. The molecule has 0 heterocycles. The normalized spacial score (nSPS) is 10.5. The second kappa shape index (κ2) is 9.55. The number of halogens is 1. The molecule has 3 aromatic carbocycles. The Morgan fingerprint density at radius 2 is 1.24 bits per heavy atom. The average molecular weight is 468 g/mol. The van der Waals surface area contributed by atoms with Crippen molar-refractivity contribution in [1.29, 1.82) is 0 Å². The van der Waals surface area contributed by atoms with E-state index in [9.17, 15) is 13.0 Å². The number of hydrogen-bond donors (Lipinski definition) is 0. The Balaban J connectivity index is 0.000000196. The molecule has 6 heteroatoms. The molecule has 0 atom stereocenters. The quantitative estimate of drug-likeness (QED) is 0.411.